The Bertz CT molecular complexity index is 644. The van der Waals surface area contributed by atoms with Gasteiger partial charge in [0.05, 0.1) is 5.56 Å². The van der Waals surface area contributed by atoms with E-state index in [9.17, 15) is 22.8 Å². The number of carbonyl (C=O) groups is 2. The van der Waals surface area contributed by atoms with Gasteiger partial charge < -0.3 is 15.0 Å². The lowest BCUT2D eigenvalue weighted by Gasteiger charge is -2.32. The summed E-state index contributed by atoms with van der Waals surface area (Å²) in [6, 6.07) is 1.46. The first-order chi connectivity index (χ1) is 11.4. The number of amides is 2. The molecule has 1 saturated heterocycles. The van der Waals surface area contributed by atoms with Crippen LogP contribution >= 0.6 is 0 Å². The van der Waals surface area contributed by atoms with Crippen LogP contribution in [-0.2, 0) is 4.74 Å². The average molecular weight is 342 g/mol. The summed E-state index contributed by atoms with van der Waals surface area (Å²) >= 11 is 0. The van der Waals surface area contributed by atoms with Crippen LogP contribution in [0.1, 0.15) is 23.2 Å². The zero-order valence-electron chi connectivity index (χ0n) is 12.9. The number of benzene rings is 1. The van der Waals surface area contributed by atoms with Crippen molar-refractivity contribution in [1.82, 2.24) is 10.2 Å². The monoisotopic (exact) mass is 342 g/mol. The molecule has 5 nitrogen and oxygen atoms in total. The fourth-order valence-corrected chi connectivity index (χ4v) is 2.43. The van der Waals surface area contributed by atoms with Crippen molar-refractivity contribution in [2.45, 2.75) is 18.9 Å². The Morgan fingerprint density at radius 3 is 2.54 bits per heavy atom. The highest BCUT2D eigenvalue weighted by Gasteiger charge is 2.27. The Hall–Kier alpha value is -2.51. The normalized spacial score (nSPS) is 15.0. The van der Waals surface area contributed by atoms with Gasteiger partial charge in [-0.15, -0.1) is 0 Å². The summed E-state index contributed by atoms with van der Waals surface area (Å²) in [6.45, 7) is 4.03. The van der Waals surface area contributed by atoms with Crippen LogP contribution in [0.4, 0.5) is 18.0 Å². The molecule has 1 N–H and O–H groups in total. The molecule has 2 rings (SSSR count). The fraction of sp³-hybridized carbons (Fsp3) is 0.375. The van der Waals surface area contributed by atoms with E-state index < -0.39 is 35.0 Å². The quantitative estimate of drug-likeness (QED) is 0.676. The summed E-state index contributed by atoms with van der Waals surface area (Å²) in [7, 11) is 0. The molecule has 1 aliphatic rings. The smallest absolute Gasteiger partial charge is 0.407 e. The maximum atomic E-state index is 13.7. The number of nitrogens with one attached hydrogen (secondary N) is 1. The van der Waals surface area contributed by atoms with Crippen molar-refractivity contribution in [1.29, 1.82) is 0 Å². The first-order valence-corrected chi connectivity index (χ1v) is 7.41. The predicted molar refractivity (Wildman–Crippen MR) is 79.9 cm³/mol. The summed E-state index contributed by atoms with van der Waals surface area (Å²) < 4.78 is 44.7. The van der Waals surface area contributed by atoms with Gasteiger partial charge in [0.1, 0.15) is 6.61 Å². The maximum absolute atomic E-state index is 13.7. The number of hydrogen-bond acceptors (Lipinski definition) is 3. The molecule has 1 aromatic carbocycles. The highest BCUT2D eigenvalue weighted by atomic mass is 19.2. The molecule has 0 aromatic heterocycles. The van der Waals surface area contributed by atoms with Crippen LogP contribution < -0.4 is 5.32 Å². The lowest BCUT2D eigenvalue weighted by atomic mass is 10.0. The molecule has 0 atom stereocenters. The van der Waals surface area contributed by atoms with Crippen molar-refractivity contribution in [2.24, 2.45) is 0 Å². The summed E-state index contributed by atoms with van der Waals surface area (Å²) in [5.74, 6) is -5.21. The molecule has 1 aromatic rings. The number of halogens is 3. The Morgan fingerprint density at radius 1 is 1.25 bits per heavy atom. The van der Waals surface area contributed by atoms with Gasteiger partial charge in [-0.3, -0.25) is 4.79 Å². The second kappa shape index (κ2) is 7.85. The lowest BCUT2D eigenvalue weighted by Crippen LogP contribution is -2.46. The van der Waals surface area contributed by atoms with Gasteiger partial charge in [-0.2, -0.15) is 0 Å². The van der Waals surface area contributed by atoms with Crippen LogP contribution in [0.25, 0.3) is 0 Å². The highest BCUT2D eigenvalue weighted by molar-refractivity contribution is 5.94. The van der Waals surface area contributed by atoms with E-state index in [4.69, 9.17) is 4.74 Å². The predicted octanol–water partition coefficient (Wildman–Crippen LogP) is 2.62. The molecule has 0 spiro atoms. The molecule has 24 heavy (non-hydrogen) atoms. The topological polar surface area (TPSA) is 58.6 Å². The molecule has 1 aliphatic heterocycles. The Labute approximate surface area is 137 Å². The van der Waals surface area contributed by atoms with E-state index in [1.807, 2.05) is 0 Å². The summed E-state index contributed by atoms with van der Waals surface area (Å²) in [6.07, 6.45) is 1.75. The standard InChI is InChI=1S/C16H17F3N2O3/c1-2-9-24-16(23)20-10-5-7-21(8-6-10)15(22)11-3-4-12(17)14(19)13(11)18/h2-4,10H,1,5-9H2,(H,20,23). The van der Waals surface area contributed by atoms with Crippen molar-refractivity contribution >= 4 is 12.0 Å². The van der Waals surface area contributed by atoms with Gasteiger partial charge in [0.15, 0.2) is 17.5 Å². The van der Waals surface area contributed by atoms with E-state index in [-0.39, 0.29) is 25.7 Å². The molecular formula is C16H17F3N2O3. The largest absolute Gasteiger partial charge is 0.445 e. The summed E-state index contributed by atoms with van der Waals surface area (Å²) in [5, 5.41) is 2.65. The maximum Gasteiger partial charge on any atom is 0.407 e. The Balaban J connectivity index is 1.92. The van der Waals surface area contributed by atoms with E-state index >= 15 is 0 Å². The van der Waals surface area contributed by atoms with Gasteiger partial charge in [0, 0.05) is 19.1 Å². The van der Waals surface area contributed by atoms with Crippen molar-refractivity contribution in [3.63, 3.8) is 0 Å². The molecule has 1 heterocycles. The molecule has 1 fully saturated rings. The summed E-state index contributed by atoms with van der Waals surface area (Å²) in [5.41, 5.74) is -0.509. The van der Waals surface area contributed by atoms with Gasteiger partial charge in [0.2, 0.25) is 0 Å². The van der Waals surface area contributed by atoms with Gasteiger partial charge >= 0.3 is 6.09 Å². The molecule has 0 unspecified atom stereocenters. The van der Waals surface area contributed by atoms with Crippen LogP contribution in [0.3, 0.4) is 0 Å². The molecule has 0 radical (unpaired) electrons. The summed E-state index contributed by atoms with van der Waals surface area (Å²) in [4.78, 5) is 25.0. The Kier molecular flexibility index (Phi) is 5.83. The number of ether oxygens (including phenoxy) is 1. The number of likely N-dealkylation sites (tertiary alicyclic amines) is 1. The first kappa shape index (κ1) is 17.8. The number of alkyl carbamates (subject to hydrolysis) is 1. The second-order valence-corrected chi connectivity index (χ2v) is 5.32. The SMILES string of the molecule is C=CCOC(=O)NC1CCN(C(=O)c2ccc(F)c(F)c2F)CC1. The second-order valence-electron chi connectivity index (χ2n) is 5.32. The number of rotatable bonds is 4. The fourth-order valence-electron chi connectivity index (χ4n) is 2.43. The van der Waals surface area contributed by atoms with Gasteiger partial charge in [-0.05, 0) is 25.0 Å². The van der Waals surface area contributed by atoms with Crippen molar-refractivity contribution < 1.29 is 27.5 Å². The zero-order valence-corrected chi connectivity index (χ0v) is 12.9. The van der Waals surface area contributed by atoms with Crippen molar-refractivity contribution in [2.75, 3.05) is 19.7 Å². The number of nitrogens with zero attached hydrogens (tertiary/aromatic N) is 1. The molecule has 0 bridgehead atoms. The van der Waals surface area contributed by atoms with E-state index in [0.717, 1.165) is 12.1 Å². The molecule has 0 saturated carbocycles. The molecule has 0 aliphatic carbocycles. The van der Waals surface area contributed by atoms with Crippen LogP contribution in [0.2, 0.25) is 0 Å². The van der Waals surface area contributed by atoms with E-state index in [0.29, 0.717) is 12.8 Å². The van der Waals surface area contributed by atoms with Crippen LogP contribution in [0.15, 0.2) is 24.8 Å². The molecule has 8 heteroatoms. The van der Waals surface area contributed by atoms with Crippen molar-refractivity contribution in [3.8, 4) is 0 Å². The minimum atomic E-state index is -1.66. The number of piperidine rings is 1. The van der Waals surface area contributed by atoms with Gasteiger partial charge in [-0.25, -0.2) is 18.0 Å². The first-order valence-electron chi connectivity index (χ1n) is 7.41. The number of carbonyl (C=O) groups excluding carboxylic acids is 2. The van der Waals surface area contributed by atoms with Crippen LogP contribution in [0.5, 0.6) is 0 Å². The van der Waals surface area contributed by atoms with Gasteiger partial charge in [-0.1, -0.05) is 12.7 Å². The van der Waals surface area contributed by atoms with E-state index in [2.05, 4.69) is 11.9 Å². The number of hydrogen-bond donors (Lipinski definition) is 1. The zero-order chi connectivity index (χ0) is 17.7. The van der Waals surface area contributed by atoms with Crippen molar-refractivity contribution in [3.05, 3.63) is 47.8 Å². The Morgan fingerprint density at radius 2 is 1.92 bits per heavy atom. The minimum Gasteiger partial charge on any atom is -0.445 e. The lowest BCUT2D eigenvalue weighted by molar-refractivity contribution is 0.0697. The van der Waals surface area contributed by atoms with Gasteiger partial charge in [0.25, 0.3) is 5.91 Å². The third-order valence-electron chi connectivity index (χ3n) is 3.70. The van der Waals surface area contributed by atoms with Crippen LogP contribution in [-0.4, -0.2) is 42.6 Å². The average Bonchev–Trinajstić information content (AvgIpc) is 2.58. The van der Waals surface area contributed by atoms with Crippen LogP contribution in [0, 0.1) is 17.5 Å². The van der Waals surface area contributed by atoms with E-state index in [1.165, 1.54) is 11.0 Å². The highest BCUT2D eigenvalue weighted by Crippen LogP contribution is 2.19. The molecule has 2 amide bonds. The molecular weight excluding hydrogens is 325 g/mol. The van der Waals surface area contributed by atoms with E-state index in [1.54, 1.807) is 0 Å². The molecule has 130 valence electrons. The third-order valence-corrected chi connectivity index (χ3v) is 3.70. The minimum absolute atomic E-state index is 0.0958. The third kappa shape index (κ3) is 4.06.